The van der Waals surface area contributed by atoms with Crippen LogP contribution in [0.4, 0.5) is 11.5 Å². The number of nitrogens with one attached hydrogen (secondary N) is 1. The second-order valence-corrected chi connectivity index (χ2v) is 8.19. The highest BCUT2D eigenvalue weighted by Gasteiger charge is 2.21. The SMILES string of the molecule is O=C(Cc1ccccc1)Nc1ccc(N2CCCN(C(=O)c3ccc(Cl)cc3)CC2)nc1. The monoisotopic (exact) mass is 448 g/mol. The molecule has 4 rings (SSSR count). The van der Waals surface area contributed by atoms with Gasteiger partial charge in [0.15, 0.2) is 0 Å². The summed E-state index contributed by atoms with van der Waals surface area (Å²) >= 11 is 5.93. The summed E-state index contributed by atoms with van der Waals surface area (Å²) < 4.78 is 0. The van der Waals surface area contributed by atoms with Gasteiger partial charge in [0.2, 0.25) is 5.91 Å². The Labute approximate surface area is 192 Å². The Bertz CT molecular complexity index is 1060. The van der Waals surface area contributed by atoms with Crippen molar-refractivity contribution in [1.82, 2.24) is 9.88 Å². The van der Waals surface area contributed by atoms with E-state index < -0.39 is 0 Å². The van der Waals surface area contributed by atoms with Crippen molar-refractivity contribution in [1.29, 1.82) is 0 Å². The molecule has 0 atom stereocenters. The Morgan fingerprint density at radius 3 is 2.41 bits per heavy atom. The van der Waals surface area contributed by atoms with Crippen LogP contribution in [0.25, 0.3) is 0 Å². The van der Waals surface area contributed by atoms with Crippen molar-refractivity contribution in [3.8, 4) is 0 Å². The van der Waals surface area contributed by atoms with Gasteiger partial charge < -0.3 is 15.1 Å². The molecular weight excluding hydrogens is 424 g/mol. The lowest BCUT2D eigenvalue weighted by molar-refractivity contribution is -0.115. The molecule has 1 saturated heterocycles. The van der Waals surface area contributed by atoms with Crippen molar-refractivity contribution in [2.45, 2.75) is 12.8 Å². The lowest BCUT2D eigenvalue weighted by Crippen LogP contribution is -2.35. The lowest BCUT2D eigenvalue weighted by Gasteiger charge is -2.23. The molecule has 1 fully saturated rings. The molecule has 2 aromatic carbocycles. The van der Waals surface area contributed by atoms with E-state index in [2.05, 4.69) is 15.2 Å². The second kappa shape index (κ2) is 10.3. The third-order valence-electron chi connectivity index (χ3n) is 5.44. The predicted molar refractivity (Wildman–Crippen MR) is 127 cm³/mol. The summed E-state index contributed by atoms with van der Waals surface area (Å²) in [6.07, 6.45) is 2.86. The number of rotatable bonds is 5. The van der Waals surface area contributed by atoms with Gasteiger partial charge in [-0.2, -0.15) is 0 Å². The van der Waals surface area contributed by atoms with Gasteiger partial charge in [-0.1, -0.05) is 41.9 Å². The van der Waals surface area contributed by atoms with E-state index in [0.29, 0.717) is 42.3 Å². The molecule has 7 heteroatoms. The van der Waals surface area contributed by atoms with Crippen molar-refractivity contribution in [3.05, 3.63) is 89.1 Å². The predicted octanol–water partition coefficient (Wildman–Crippen LogP) is 4.27. The minimum absolute atomic E-state index is 0.0213. The average Bonchev–Trinajstić information content (AvgIpc) is 3.07. The molecule has 6 nitrogen and oxygen atoms in total. The van der Waals surface area contributed by atoms with Crippen LogP contribution in [0.15, 0.2) is 72.9 Å². The number of pyridine rings is 1. The van der Waals surface area contributed by atoms with Crippen LogP contribution in [-0.4, -0.2) is 47.9 Å². The zero-order valence-electron chi connectivity index (χ0n) is 17.7. The number of carbonyl (C=O) groups excluding carboxylic acids is 2. The normalized spacial score (nSPS) is 14.0. The summed E-state index contributed by atoms with van der Waals surface area (Å²) in [5.74, 6) is 0.789. The van der Waals surface area contributed by atoms with Crippen molar-refractivity contribution in [2.24, 2.45) is 0 Å². The highest BCUT2D eigenvalue weighted by molar-refractivity contribution is 6.30. The van der Waals surface area contributed by atoms with Gasteiger partial charge in [0.1, 0.15) is 5.82 Å². The van der Waals surface area contributed by atoms with Gasteiger partial charge in [-0.15, -0.1) is 0 Å². The molecule has 0 aliphatic carbocycles. The second-order valence-electron chi connectivity index (χ2n) is 7.76. The van der Waals surface area contributed by atoms with Gasteiger partial charge in [-0.25, -0.2) is 4.98 Å². The fraction of sp³-hybridized carbons (Fsp3) is 0.240. The van der Waals surface area contributed by atoms with Gasteiger partial charge in [0.05, 0.1) is 18.3 Å². The Kier molecular flexibility index (Phi) is 7.02. The first-order valence-electron chi connectivity index (χ1n) is 10.7. The number of hydrogen-bond acceptors (Lipinski definition) is 4. The topological polar surface area (TPSA) is 65.5 Å². The van der Waals surface area contributed by atoms with Gasteiger partial charge in [-0.3, -0.25) is 9.59 Å². The highest BCUT2D eigenvalue weighted by Crippen LogP contribution is 2.18. The average molecular weight is 449 g/mol. The van der Waals surface area contributed by atoms with E-state index >= 15 is 0 Å². The molecule has 3 aromatic rings. The van der Waals surface area contributed by atoms with Crippen LogP contribution in [0.3, 0.4) is 0 Å². The Hall–Kier alpha value is -3.38. The maximum atomic E-state index is 12.8. The molecule has 1 N–H and O–H groups in total. The zero-order valence-corrected chi connectivity index (χ0v) is 18.5. The minimum atomic E-state index is -0.0723. The summed E-state index contributed by atoms with van der Waals surface area (Å²) in [6, 6.07) is 20.4. The molecule has 2 heterocycles. The standard InChI is InChI=1S/C25H25ClN4O2/c26-21-9-7-20(8-10-21)25(32)30-14-4-13-29(15-16-30)23-12-11-22(18-27-23)28-24(31)17-19-5-2-1-3-6-19/h1-3,5-12,18H,4,13-17H2,(H,28,31). The van der Waals surface area contributed by atoms with Gasteiger partial charge in [-0.05, 0) is 48.4 Å². The molecule has 164 valence electrons. The summed E-state index contributed by atoms with van der Waals surface area (Å²) in [4.78, 5) is 33.6. The van der Waals surface area contributed by atoms with Crippen molar-refractivity contribution in [3.63, 3.8) is 0 Å². The van der Waals surface area contributed by atoms with Crippen LogP contribution in [0.2, 0.25) is 5.02 Å². The first kappa shape index (κ1) is 21.8. The van der Waals surface area contributed by atoms with Gasteiger partial charge >= 0.3 is 0 Å². The fourth-order valence-electron chi connectivity index (χ4n) is 3.76. The summed E-state index contributed by atoms with van der Waals surface area (Å²) in [5, 5.41) is 3.51. The van der Waals surface area contributed by atoms with Gasteiger partial charge in [0, 0.05) is 36.8 Å². The fourth-order valence-corrected chi connectivity index (χ4v) is 3.88. The Morgan fingerprint density at radius 2 is 1.69 bits per heavy atom. The summed E-state index contributed by atoms with van der Waals surface area (Å²) in [6.45, 7) is 2.84. The van der Waals surface area contributed by atoms with Crippen LogP contribution >= 0.6 is 11.6 Å². The molecule has 32 heavy (non-hydrogen) atoms. The van der Waals surface area contributed by atoms with E-state index in [0.717, 1.165) is 24.3 Å². The van der Waals surface area contributed by atoms with E-state index in [-0.39, 0.29) is 11.8 Å². The number of carbonyl (C=O) groups is 2. The highest BCUT2D eigenvalue weighted by atomic mass is 35.5. The molecule has 0 saturated carbocycles. The van der Waals surface area contributed by atoms with E-state index in [4.69, 9.17) is 11.6 Å². The van der Waals surface area contributed by atoms with Crippen molar-refractivity contribution >= 4 is 34.9 Å². The van der Waals surface area contributed by atoms with Crippen LogP contribution in [0.5, 0.6) is 0 Å². The molecule has 2 amide bonds. The van der Waals surface area contributed by atoms with E-state index in [9.17, 15) is 9.59 Å². The molecule has 0 spiro atoms. The van der Waals surface area contributed by atoms with Crippen molar-refractivity contribution < 1.29 is 9.59 Å². The molecule has 1 aliphatic heterocycles. The van der Waals surface area contributed by atoms with Crippen LogP contribution in [0.1, 0.15) is 22.3 Å². The van der Waals surface area contributed by atoms with Crippen LogP contribution in [0, 0.1) is 0 Å². The molecule has 0 unspecified atom stereocenters. The third-order valence-corrected chi connectivity index (χ3v) is 5.69. The molecule has 0 bridgehead atoms. The van der Waals surface area contributed by atoms with Crippen molar-refractivity contribution in [2.75, 3.05) is 36.4 Å². The summed E-state index contributed by atoms with van der Waals surface area (Å²) in [7, 11) is 0. The number of nitrogens with zero attached hydrogens (tertiary/aromatic N) is 3. The van der Waals surface area contributed by atoms with E-state index in [1.165, 1.54) is 0 Å². The maximum Gasteiger partial charge on any atom is 0.253 e. The van der Waals surface area contributed by atoms with E-state index in [1.54, 1.807) is 30.5 Å². The minimum Gasteiger partial charge on any atom is -0.355 e. The Morgan fingerprint density at radius 1 is 0.906 bits per heavy atom. The quantitative estimate of drug-likeness (QED) is 0.633. The van der Waals surface area contributed by atoms with Crippen LogP contribution < -0.4 is 10.2 Å². The molecular formula is C25H25ClN4O2. The number of hydrogen-bond donors (Lipinski definition) is 1. The number of anilines is 2. The number of halogens is 1. The maximum absolute atomic E-state index is 12.8. The van der Waals surface area contributed by atoms with Crippen LogP contribution in [-0.2, 0) is 11.2 Å². The number of amides is 2. The lowest BCUT2D eigenvalue weighted by atomic mass is 10.1. The van der Waals surface area contributed by atoms with E-state index in [1.807, 2.05) is 47.4 Å². The molecule has 1 aromatic heterocycles. The number of benzene rings is 2. The Balaban J connectivity index is 1.32. The first-order valence-corrected chi connectivity index (χ1v) is 11.1. The summed E-state index contributed by atoms with van der Waals surface area (Å²) in [5.41, 5.74) is 2.29. The molecule has 0 radical (unpaired) electrons. The third kappa shape index (κ3) is 5.65. The number of aromatic nitrogens is 1. The van der Waals surface area contributed by atoms with Gasteiger partial charge in [0.25, 0.3) is 5.91 Å². The molecule has 1 aliphatic rings. The smallest absolute Gasteiger partial charge is 0.253 e. The zero-order chi connectivity index (χ0) is 22.3. The largest absolute Gasteiger partial charge is 0.355 e. The first-order chi connectivity index (χ1) is 15.6.